The Labute approximate surface area is 95.8 Å². The summed E-state index contributed by atoms with van der Waals surface area (Å²) in [7, 11) is 0. The van der Waals surface area contributed by atoms with Crippen molar-refractivity contribution in [1.82, 2.24) is 5.32 Å². The van der Waals surface area contributed by atoms with Gasteiger partial charge in [0.25, 0.3) is 0 Å². The standard InChI is InChI=1S/C13H16N2O/c1-10(2)9-14-13(16)15-8-7-11-5-3-4-6-12(11)15/h3-6,9H,7-8H2,1-2H3,(H,14,16). The van der Waals surface area contributed by atoms with Gasteiger partial charge in [-0.3, -0.25) is 4.90 Å². The molecule has 0 fully saturated rings. The summed E-state index contributed by atoms with van der Waals surface area (Å²) in [5.41, 5.74) is 3.36. The summed E-state index contributed by atoms with van der Waals surface area (Å²) in [5.74, 6) is 0. The van der Waals surface area contributed by atoms with Crippen LogP contribution in [0.4, 0.5) is 10.5 Å². The molecule has 3 nitrogen and oxygen atoms in total. The number of allylic oxidation sites excluding steroid dienone is 1. The van der Waals surface area contributed by atoms with Gasteiger partial charge in [0.1, 0.15) is 0 Å². The van der Waals surface area contributed by atoms with Crippen LogP contribution in [0.25, 0.3) is 0 Å². The predicted molar refractivity (Wildman–Crippen MR) is 65.5 cm³/mol. The molecule has 1 aliphatic heterocycles. The first-order valence-electron chi connectivity index (χ1n) is 5.48. The Kier molecular flexibility index (Phi) is 2.95. The number of amides is 2. The number of para-hydroxylation sites is 1. The lowest BCUT2D eigenvalue weighted by Gasteiger charge is -2.16. The number of hydrogen-bond donors (Lipinski definition) is 1. The van der Waals surface area contributed by atoms with Crippen molar-refractivity contribution in [3.05, 3.63) is 41.6 Å². The third-order valence-electron chi connectivity index (χ3n) is 2.62. The van der Waals surface area contributed by atoms with E-state index in [0.29, 0.717) is 0 Å². The predicted octanol–water partition coefficient (Wildman–Crippen LogP) is 2.68. The van der Waals surface area contributed by atoms with Crippen LogP contribution in [0.3, 0.4) is 0 Å². The highest BCUT2D eigenvalue weighted by atomic mass is 16.2. The molecular weight excluding hydrogens is 200 g/mol. The van der Waals surface area contributed by atoms with Gasteiger partial charge in [0, 0.05) is 18.4 Å². The van der Waals surface area contributed by atoms with Crippen LogP contribution in [-0.4, -0.2) is 12.6 Å². The molecule has 0 saturated heterocycles. The van der Waals surface area contributed by atoms with Gasteiger partial charge in [-0.25, -0.2) is 4.79 Å². The SMILES string of the molecule is CC(C)=CNC(=O)N1CCc2ccccc21. The minimum Gasteiger partial charge on any atom is -0.314 e. The Hall–Kier alpha value is -1.77. The van der Waals surface area contributed by atoms with E-state index < -0.39 is 0 Å². The quantitative estimate of drug-likeness (QED) is 0.769. The summed E-state index contributed by atoms with van der Waals surface area (Å²) < 4.78 is 0. The highest BCUT2D eigenvalue weighted by Crippen LogP contribution is 2.27. The van der Waals surface area contributed by atoms with Gasteiger partial charge in [-0.2, -0.15) is 0 Å². The fourth-order valence-electron chi connectivity index (χ4n) is 1.83. The van der Waals surface area contributed by atoms with E-state index >= 15 is 0 Å². The largest absolute Gasteiger partial charge is 0.325 e. The number of nitrogens with one attached hydrogen (secondary N) is 1. The van der Waals surface area contributed by atoms with Crippen LogP contribution in [0, 0.1) is 0 Å². The van der Waals surface area contributed by atoms with Gasteiger partial charge < -0.3 is 5.32 Å². The first kappa shape index (κ1) is 10.7. The van der Waals surface area contributed by atoms with Gasteiger partial charge in [-0.1, -0.05) is 23.8 Å². The van der Waals surface area contributed by atoms with Crippen LogP contribution in [0.2, 0.25) is 0 Å². The highest BCUT2D eigenvalue weighted by Gasteiger charge is 2.23. The van der Waals surface area contributed by atoms with Crippen molar-refractivity contribution in [2.24, 2.45) is 0 Å². The molecule has 1 heterocycles. The van der Waals surface area contributed by atoms with E-state index in [4.69, 9.17) is 0 Å². The van der Waals surface area contributed by atoms with Gasteiger partial charge in [-0.15, -0.1) is 0 Å². The molecule has 0 aliphatic carbocycles. The molecule has 1 aromatic carbocycles. The second kappa shape index (κ2) is 4.39. The molecule has 84 valence electrons. The van der Waals surface area contributed by atoms with E-state index in [1.165, 1.54) is 5.56 Å². The lowest BCUT2D eigenvalue weighted by atomic mass is 10.2. The van der Waals surface area contributed by atoms with Crippen molar-refractivity contribution in [3.8, 4) is 0 Å². The highest BCUT2D eigenvalue weighted by molar-refractivity contribution is 5.94. The number of fused-ring (bicyclic) bond motifs is 1. The summed E-state index contributed by atoms with van der Waals surface area (Å²) in [4.78, 5) is 13.7. The molecule has 16 heavy (non-hydrogen) atoms. The molecule has 0 aromatic heterocycles. The third kappa shape index (κ3) is 2.08. The lowest BCUT2D eigenvalue weighted by Crippen LogP contribution is -2.36. The number of hydrogen-bond acceptors (Lipinski definition) is 1. The maximum atomic E-state index is 11.9. The summed E-state index contributed by atoms with van der Waals surface area (Å²) >= 11 is 0. The fourth-order valence-corrected chi connectivity index (χ4v) is 1.83. The maximum absolute atomic E-state index is 11.9. The first-order chi connectivity index (χ1) is 7.68. The van der Waals surface area contributed by atoms with E-state index in [-0.39, 0.29) is 6.03 Å². The van der Waals surface area contributed by atoms with Crippen molar-refractivity contribution >= 4 is 11.7 Å². The monoisotopic (exact) mass is 216 g/mol. The zero-order valence-corrected chi connectivity index (χ0v) is 9.66. The summed E-state index contributed by atoms with van der Waals surface area (Å²) in [6, 6.07) is 7.99. The van der Waals surface area contributed by atoms with Gasteiger partial charge in [-0.05, 0) is 31.9 Å². The molecule has 0 radical (unpaired) electrons. The van der Waals surface area contributed by atoms with Crippen molar-refractivity contribution in [2.45, 2.75) is 20.3 Å². The van der Waals surface area contributed by atoms with Crippen LogP contribution >= 0.6 is 0 Å². The Morgan fingerprint density at radius 2 is 2.12 bits per heavy atom. The summed E-state index contributed by atoms with van der Waals surface area (Å²) in [5, 5.41) is 2.79. The molecule has 3 heteroatoms. The zero-order valence-electron chi connectivity index (χ0n) is 9.66. The average molecular weight is 216 g/mol. The lowest BCUT2D eigenvalue weighted by molar-refractivity contribution is 0.250. The van der Waals surface area contributed by atoms with E-state index in [1.54, 1.807) is 11.1 Å². The van der Waals surface area contributed by atoms with Gasteiger partial charge >= 0.3 is 6.03 Å². The molecule has 1 aromatic rings. The molecule has 2 amide bonds. The minimum absolute atomic E-state index is 0.0499. The Morgan fingerprint density at radius 3 is 2.88 bits per heavy atom. The molecule has 0 saturated carbocycles. The average Bonchev–Trinajstić information content (AvgIpc) is 2.69. The van der Waals surface area contributed by atoms with Gasteiger partial charge in [0.15, 0.2) is 0 Å². The van der Waals surface area contributed by atoms with Crippen molar-refractivity contribution in [1.29, 1.82) is 0 Å². The number of carbonyl (C=O) groups is 1. The number of carbonyl (C=O) groups excluding carboxylic acids is 1. The molecular formula is C13H16N2O. The Balaban J connectivity index is 2.13. The van der Waals surface area contributed by atoms with Crippen LogP contribution in [0.5, 0.6) is 0 Å². The first-order valence-corrected chi connectivity index (χ1v) is 5.48. The Morgan fingerprint density at radius 1 is 1.38 bits per heavy atom. The molecule has 1 N–H and O–H groups in total. The van der Waals surface area contributed by atoms with Crippen molar-refractivity contribution in [2.75, 3.05) is 11.4 Å². The third-order valence-corrected chi connectivity index (χ3v) is 2.62. The van der Waals surface area contributed by atoms with E-state index in [0.717, 1.165) is 24.2 Å². The minimum atomic E-state index is -0.0499. The summed E-state index contributed by atoms with van der Waals surface area (Å²) in [6.45, 7) is 4.68. The molecule has 0 atom stereocenters. The Bertz CT molecular complexity index is 433. The van der Waals surface area contributed by atoms with Crippen LogP contribution in [0.1, 0.15) is 19.4 Å². The molecule has 2 rings (SSSR count). The smallest absolute Gasteiger partial charge is 0.314 e. The van der Waals surface area contributed by atoms with Gasteiger partial charge in [0.05, 0.1) is 0 Å². The second-order valence-corrected chi connectivity index (χ2v) is 4.20. The van der Waals surface area contributed by atoms with E-state index in [1.807, 2.05) is 32.0 Å². The molecule has 1 aliphatic rings. The number of anilines is 1. The zero-order chi connectivity index (χ0) is 11.5. The number of nitrogens with zero attached hydrogens (tertiary/aromatic N) is 1. The molecule has 0 bridgehead atoms. The van der Waals surface area contributed by atoms with Crippen molar-refractivity contribution in [3.63, 3.8) is 0 Å². The topological polar surface area (TPSA) is 32.3 Å². The summed E-state index contributed by atoms with van der Waals surface area (Å²) in [6.07, 6.45) is 2.68. The van der Waals surface area contributed by atoms with E-state index in [2.05, 4.69) is 11.4 Å². The number of rotatable bonds is 1. The van der Waals surface area contributed by atoms with E-state index in [9.17, 15) is 4.79 Å². The van der Waals surface area contributed by atoms with Crippen LogP contribution in [0.15, 0.2) is 36.0 Å². The molecule has 0 unspecified atom stereocenters. The normalized spacial score (nSPS) is 13.2. The second-order valence-electron chi connectivity index (χ2n) is 4.20. The van der Waals surface area contributed by atoms with Crippen LogP contribution < -0.4 is 10.2 Å². The molecule has 0 spiro atoms. The number of benzene rings is 1. The number of urea groups is 1. The van der Waals surface area contributed by atoms with Gasteiger partial charge in [0.2, 0.25) is 0 Å². The van der Waals surface area contributed by atoms with Crippen LogP contribution in [-0.2, 0) is 6.42 Å². The fraction of sp³-hybridized carbons (Fsp3) is 0.308. The maximum Gasteiger partial charge on any atom is 0.325 e. The van der Waals surface area contributed by atoms with Crippen molar-refractivity contribution < 1.29 is 4.79 Å².